The van der Waals surface area contributed by atoms with E-state index in [1.807, 2.05) is 32.9 Å². The summed E-state index contributed by atoms with van der Waals surface area (Å²) in [6.07, 6.45) is 7.06. The molecule has 4 aliphatic rings. The lowest BCUT2D eigenvalue weighted by atomic mass is 9.74. The summed E-state index contributed by atoms with van der Waals surface area (Å²) in [5.41, 5.74) is -1.37. The van der Waals surface area contributed by atoms with Crippen LogP contribution in [0.3, 0.4) is 0 Å². The molecule has 11 heteroatoms. The molecular weight excluding hydrogens is 582 g/mol. The zero-order valence-electron chi connectivity index (χ0n) is 23.8. The maximum Gasteiger partial charge on any atom is 0.313 e. The van der Waals surface area contributed by atoms with Gasteiger partial charge in [0.15, 0.2) is 0 Å². The number of unbranched alkanes of at least 4 members (excludes halogenated alkanes) is 1. The van der Waals surface area contributed by atoms with Crippen LogP contribution in [-0.2, 0) is 28.7 Å². The van der Waals surface area contributed by atoms with Gasteiger partial charge in [-0.1, -0.05) is 55.3 Å². The van der Waals surface area contributed by atoms with E-state index in [2.05, 4.69) is 21.2 Å². The number of halogens is 1. The molecular formula is C29H42BrN3O7. The fourth-order valence-electron chi connectivity index (χ4n) is 6.43. The molecule has 0 saturated carbocycles. The Bertz CT molecular complexity index is 1060. The Balaban J connectivity index is 1.82. The lowest BCUT2D eigenvalue weighted by Gasteiger charge is -2.39. The van der Waals surface area contributed by atoms with Gasteiger partial charge in [0.25, 0.3) is 0 Å². The van der Waals surface area contributed by atoms with Crippen LogP contribution >= 0.6 is 15.9 Å². The Morgan fingerprint density at radius 3 is 2.62 bits per heavy atom. The summed E-state index contributed by atoms with van der Waals surface area (Å²) >= 11 is 3.55. The van der Waals surface area contributed by atoms with Crippen LogP contribution in [0.5, 0.6) is 0 Å². The SMILES string of the molecule is CCCCN1C/C=C\CCC(=O)NC[C@H](C)OC(=O)[C@H]2[C@@H]3O[C@@]4(C=C3Br)[C@@H]2C(=O)N([C@@H](CO)CC(C)C)[C@@H]4C1=O. The summed E-state index contributed by atoms with van der Waals surface area (Å²) in [5, 5.41) is 13.2. The minimum absolute atomic E-state index is 0.145. The number of nitrogens with zero attached hydrogens (tertiary/aromatic N) is 2. The lowest BCUT2D eigenvalue weighted by Crippen LogP contribution is -2.58. The standard InChI is InChI=1S/C29H42BrN3O7/c1-5-6-11-32-12-9-7-8-10-21(35)31-15-18(4)39-28(38)22-23-26(36)33(19(16-34)13-17(2)3)25(27(32)37)29(23)14-20(30)24(22)40-29/h7,9,14,17-19,22-25,34H,5-6,8,10-13,15-16H2,1-4H3,(H,31,35)/b9-7-/t18-,19+,22+,23-,24+,25+,29-/m0/s1. The highest BCUT2D eigenvalue weighted by atomic mass is 79.9. The number of ether oxygens (including phenoxy) is 2. The van der Waals surface area contributed by atoms with Crippen molar-refractivity contribution in [3.05, 3.63) is 22.7 Å². The second-order valence-electron chi connectivity index (χ2n) is 11.7. The number of hydrogen-bond donors (Lipinski definition) is 2. The zero-order chi connectivity index (χ0) is 29.2. The van der Waals surface area contributed by atoms with Crippen LogP contribution in [0, 0.1) is 17.8 Å². The van der Waals surface area contributed by atoms with Gasteiger partial charge < -0.3 is 29.7 Å². The van der Waals surface area contributed by atoms with E-state index in [0.717, 1.165) is 12.8 Å². The van der Waals surface area contributed by atoms with Crippen LogP contribution in [0.15, 0.2) is 22.7 Å². The molecule has 1 spiro atoms. The van der Waals surface area contributed by atoms with E-state index in [1.165, 1.54) is 4.90 Å². The van der Waals surface area contributed by atoms with Crippen LogP contribution in [0.4, 0.5) is 0 Å². The van der Waals surface area contributed by atoms with Crippen LogP contribution < -0.4 is 5.32 Å². The molecule has 4 rings (SSSR count). The first-order valence-corrected chi connectivity index (χ1v) is 15.2. The van der Waals surface area contributed by atoms with Gasteiger partial charge in [-0.05, 0) is 38.2 Å². The van der Waals surface area contributed by atoms with Gasteiger partial charge in [0.05, 0.1) is 25.1 Å². The van der Waals surface area contributed by atoms with Gasteiger partial charge in [0, 0.05) is 24.0 Å². The first-order valence-electron chi connectivity index (χ1n) is 14.5. The lowest BCUT2D eigenvalue weighted by molar-refractivity contribution is -0.159. The average Bonchev–Trinajstić information content (AvgIpc) is 3.50. The number of nitrogens with one attached hydrogen (secondary N) is 1. The third kappa shape index (κ3) is 5.74. The summed E-state index contributed by atoms with van der Waals surface area (Å²) in [6, 6.07) is -1.66. The first-order chi connectivity index (χ1) is 19.0. The Labute approximate surface area is 244 Å². The van der Waals surface area contributed by atoms with Gasteiger partial charge in [0.1, 0.15) is 29.8 Å². The molecule has 222 valence electrons. The van der Waals surface area contributed by atoms with Gasteiger partial charge in [0.2, 0.25) is 17.7 Å². The number of rotatable bonds is 7. The summed E-state index contributed by atoms with van der Waals surface area (Å²) < 4.78 is 12.8. The van der Waals surface area contributed by atoms with E-state index in [9.17, 15) is 24.3 Å². The number of carbonyl (C=O) groups excluding carboxylic acids is 4. The maximum atomic E-state index is 14.5. The van der Waals surface area contributed by atoms with Crippen molar-refractivity contribution >= 4 is 39.6 Å². The fraction of sp³-hybridized carbons (Fsp3) is 0.724. The second-order valence-corrected chi connectivity index (χ2v) is 12.7. The molecule has 0 aliphatic carbocycles. The molecule has 7 atom stereocenters. The Morgan fingerprint density at radius 1 is 1.20 bits per heavy atom. The predicted molar refractivity (Wildman–Crippen MR) is 151 cm³/mol. The minimum atomic E-state index is -1.37. The minimum Gasteiger partial charge on any atom is -0.460 e. The monoisotopic (exact) mass is 623 g/mol. The quantitative estimate of drug-likeness (QED) is 0.329. The highest BCUT2D eigenvalue weighted by molar-refractivity contribution is 9.11. The van der Waals surface area contributed by atoms with Gasteiger partial charge in [-0.2, -0.15) is 0 Å². The zero-order valence-corrected chi connectivity index (χ0v) is 25.4. The number of allylic oxidation sites excluding steroid dienone is 1. The third-order valence-corrected chi connectivity index (χ3v) is 8.93. The topological polar surface area (TPSA) is 125 Å². The molecule has 2 saturated heterocycles. The summed E-state index contributed by atoms with van der Waals surface area (Å²) in [6.45, 7) is 8.35. The first kappa shape index (κ1) is 30.7. The van der Waals surface area contributed by atoms with E-state index in [4.69, 9.17) is 9.47 Å². The van der Waals surface area contributed by atoms with E-state index >= 15 is 0 Å². The van der Waals surface area contributed by atoms with E-state index < -0.39 is 47.7 Å². The number of cyclic esters (lactones) is 1. The fourth-order valence-corrected chi connectivity index (χ4v) is 7.17. The van der Waals surface area contributed by atoms with Crippen molar-refractivity contribution in [3.8, 4) is 0 Å². The van der Waals surface area contributed by atoms with Crippen LogP contribution in [0.2, 0.25) is 0 Å². The normalized spacial score (nSPS) is 34.6. The Morgan fingerprint density at radius 2 is 1.95 bits per heavy atom. The highest BCUT2D eigenvalue weighted by Gasteiger charge is 2.75. The van der Waals surface area contributed by atoms with Crippen molar-refractivity contribution < 1.29 is 33.8 Å². The van der Waals surface area contributed by atoms with Crippen molar-refractivity contribution in [2.75, 3.05) is 26.2 Å². The molecule has 2 fully saturated rings. The second kappa shape index (κ2) is 12.7. The molecule has 0 aromatic heterocycles. The molecule has 0 radical (unpaired) electrons. The van der Waals surface area contributed by atoms with E-state index in [1.54, 1.807) is 17.9 Å². The number of hydrogen-bond acceptors (Lipinski definition) is 7. The molecule has 2 N–H and O–H groups in total. The van der Waals surface area contributed by atoms with Gasteiger partial charge in [-0.25, -0.2) is 0 Å². The average molecular weight is 625 g/mol. The maximum absolute atomic E-state index is 14.5. The van der Waals surface area contributed by atoms with Crippen molar-refractivity contribution in [2.24, 2.45) is 17.8 Å². The smallest absolute Gasteiger partial charge is 0.313 e. The molecule has 40 heavy (non-hydrogen) atoms. The molecule has 5 bridgehead atoms. The van der Waals surface area contributed by atoms with Crippen molar-refractivity contribution in [2.45, 2.75) is 89.7 Å². The van der Waals surface area contributed by atoms with Crippen LogP contribution in [-0.4, -0.2) is 94.7 Å². The van der Waals surface area contributed by atoms with Crippen molar-refractivity contribution in [3.63, 3.8) is 0 Å². The number of carbonyl (C=O) groups is 4. The number of amides is 3. The molecule has 10 nitrogen and oxygen atoms in total. The largest absolute Gasteiger partial charge is 0.460 e. The number of fused-ring (bicyclic) bond motifs is 2. The van der Waals surface area contributed by atoms with Crippen LogP contribution in [0.25, 0.3) is 0 Å². The molecule has 3 amide bonds. The van der Waals surface area contributed by atoms with Gasteiger partial charge in [-0.15, -0.1) is 0 Å². The highest BCUT2D eigenvalue weighted by Crippen LogP contribution is 2.59. The summed E-state index contributed by atoms with van der Waals surface area (Å²) in [5.74, 6) is -3.22. The number of aliphatic hydroxyl groups is 1. The number of aliphatic hydroxyl groups excluding tert-OH is 1. The van der Waals surface area contributed by atoms with E-state index in [-0.39, 0.29) is 43.2 Å². The van der Waals surface area contributed by atoms with Crippen molar-refractivity contribution in [1.82, 2.24) is 15.1 Å². The Kier molecular flexibility index (Phi) is 9.78. The molecule has 0 aromatic carbocycles. The van der Waals surface area contributed by atoms with Crippen LogP contribution in [0.1, 0.15) is 59.8 Å². The molecule has 0 aromatic rings. The van der Waals surface area contributed by atoms with Gasteiger partial charge >= 0.3 is 5.97 Å². The van der Waals surface area contributed by atoms with E-state index in [0.29, 0.717) is 30.4 Å². The number of likely N-dealkylation sites (tertiary alicyclic amines) is 1. The number of esters is 1. The van der Waals surface area contributed by atoms with Gasteiger partial charge in [-0.3, -0.25) is 19.2 Å². The summed E-state index contributed by atoms with van der Waals surface area (Å²) in [4.78, 5) is 57.9. The molecule has 4 aliphatic heterocycles. The third-order valence-electron chi connectivity index (χ3n) is 8.25. The Hall–Kier alpha value is -2.24. The van der Waals surface area contributed by atoms with Crippen molar-refractivity contribution in [1.29, 1.82) is 0 Å². The molecule has 0 unspecified atom stereocenters. The summed E-state index contributed by atoms with van der Waals surface area (Å²) in [7, 11) is 0. The predicted octanol–water partition coefficient (Wildman–Crippen LogP) is 2.29. The molecule has 4 heterocycles.